The number of ether oxygens (including phenoxy) is 2. The molecule has 0 atom stereocenters. The predicted molar refractivity (Wildman–Crippen MR) is 81.4 cm³/mol. The molecule has 0 aromatic carbocycles. The molecule has 0 saturated heterocycles. The number of hydrogen-bond acceptors (Lipinski definition) is 6. The van der Waals surface area contributed by atoms with Crippen LogP contribution in [-0.2, 0) is 19.1 Å². The molecule has 0 saturated carbocycles. The monoisotopic (exact) mass is 298 g/mol. The second kappa shape index (κ2) is 11.8. The first-order valence-corrected chi connectivity index (χ1v) is 7.17. The molecule has 0 radical (unpaired) electrons. The minimum atomic E-state index is -0.339. The summed E-state index contributed by atoms with van der Waals surface area (Å²) in [5, 5.41) is 6.23. The van der Waals surface area contributed by atoms with Crippen molar-refractivity contribution < 1.29 is 19.1 Å². The standard InChI is InChI=1S/C15H26N2O4/c1-5-20-14(18)10-12(3)16-8-7-9-17-13(4)11-15(19)21-6-2/h10-11,16-17H,5-9H2,1-4H3. The molecule has 0 aromatic heterocycles. The first-order valence-electron chi connectivity index (χ1n) is 7.17. The SMILES string of the molecule is CCOC(=O)C=C(C)NCCCNC(C)=CC(=O)OCC. The molecule has 0 aromatic rings. The molecule has 0 rings (SSSR count). The van der Waals surface area contributed by atoms with Gasteiger partial charge in [-0.1, -0.05) is 0 Å². The van der Waals surface area contributed by atoms with Gasteiger partial charge in [0.15, 0.2) is 0 Å². The van der Waals surface area contributed by atoms with Crippen LogP contribution in [-0.4, -0.2) is 38.2 Å². The first-order chi connectivity index (χ1) is 9.99. The predicted octanol–water partition coefficient (Wildman–Crippen LogP) is 1.49. The maximum Gasteiger partial charge on any atom is 0.332 e. The minimum Gasteiger partial charge on any atom is -0.463 e. The van der Waals surface area contributed by atoms with E-state index >= 15 is 0 Å². The molecule has 0 amide bonds. The quantitative estimate of drug-likeness (QED) is 0.361. The average molecular weight is 298 g/mol. The lowest BCUT2D eigenvalue weighted by molar-refractivity contribution is -0.138. The van der Waals surface area contributed by atoms with E-state index < -0.39 is 0 Å². The summed E-state index contributed by atoms with van der Waals surface area (Å²) >= 11 is 0. The van der Waals surface area contributed by atoms with Crippen molar-refractivity contribution in [1.29, 1.82) is 0 Å². The fourth-order valence-electron chi connectivity index (χ4n) is 1.48. The van der Waals surface area contributed by atoms with Gasteiger partial charge in [0.05, 0.1) is 13.2 Å². The van der Waals surface area contributed by atoms with Gasteiger partial charge in [-0.05, 0) is 34.1 Å². The number of allylic oxidation sites excluding steroid dienone is 2. The Bertz CT molecular complexity index is 353. The molecular formula is C15H26N2O4. The van der Waals surface area contributed by atoms with Gasteiger partial charge in [0.2, 0.25) is 0 Å². The summed E-state index contributed by atoms with van der Waals surface area (Å²) in [6, 6.07) is 0. The molecule has 0 unspecified atom stereocenters. The largest absolute Gasteiger partial charge is 0.463 e. The Morgan fingerprint density at radius 3 is 1.57 bits per heavy atom. The second-order valence-electron chi connectivity index (χ2n) is 4.37. The molecule has 0 bridgehead atoms. The van der Waals surface area contributed by atoms with Crippen LogP contribution in [0.2, 0.25) is 0 Å². The molecule has 2 N–H and O–H groups in total. The highest BCUT2D eigenvalue weighted by atomic mass is 16.5. The fourth-order valence-corrected chi connectivity index (χ4v) is 1.48. The summed E-state index contributed by atoms with van der Waals surface area (Å²) in [7, 11) is 0. The molecule has 0 aliphatic heterocycles. The summed E-state index contributed by atoms with van der Waals surface area (Å²) in [4.78, 5) is 22.4. The first kappa shape index (κ1) is 19.0. The van der Waals surface area contributed by atoms with E-state index in [0.717, 1.165) is 30.9 Å². The number of esters is 2. The zero-order valence-electron chi connectivity index (χ0n) is 13.3. The van der Waals surface area contributed by atoms with Crippen molar-refractivity contribution in [3.05, 3.63) is 23.5 Å². The van der Waals surface area contributed by atoms with Crippen LogP contribution in [0.15, 0.2) is 23.5 Å². The molecule has 0 spiro atoms. The zero-order chi connectivity index (χ0) is 16.1. The van der Waals surface area contributed by atoms with E-state index in [0.29, 0.717) is 13.2 Å². The molecule has 0 aliphatic rings. The summed E-state index contributed by atoms with van der Waals surface area (Å²) in [6.07, 6.45) is 3.72. The number of nitrogens with one attached hydrogen (secondary N) is 2. The van der Waals surface area contributed by atoms with E-state index in [1.807, 2.05) is 13.8 Å². The van der Waals surface area contributed by atoms with Gasteiger partial charge in [0.25, 0.3) is 0 Å². The average Bonchev–Trinajstić information content (AvgIpc) is 2.38. The van der Waals surface area contributed by atoms with E-state index in [4.69, 9.17) is 9.47 Å². The molecule has 0 fully saturated rings. The van der Waals surface area contributed by atoms with E-state index in [2.05, 4.69) is 10.6 Å². The molecule has 0 aliphatic carbocycles. The Morgan fingerprint density at radius 2 is 1.24 bits per heavy atom. The Morgan fingerprint density at radius 1 is 0.857 bits per heavy atom. The topological polar surface area (TPSA) is 76.7 Å². The Hall–Kier alpha value is -1.98. The van der Waals surface area contributed by atoms with E-state index in [1.54, 1.807) is 13.8 Å². The van der Waals surface area contributed by atoms with Crippen LogP contribution in [0.4, 0.5) is 0 Å². The van der Waals surface area contributed by atoms with Crippen LogP contribution in [0.3, 0.4) is 0 Å². The number of hydrogen-bond donors (Lipinski definition) is 2. The van der Waals surface area contributed by atoms with Gasteiger partial charge in [-0.25, -0.2) is 9.59 Å². The molecule has 0 heterocycles. The smallest absolute Gasteiger partial charge is 0.332 e. The molecule has 21 heavy (non-hydrogen) atoms. The number of carbonyl (C=O) groups excluding carboxylic acids is 2. The van der Waals surface area contributed by atoms with Crippen LogP contribution >= 0.6 is 0 Å². The van der Waals surface area contributed by atoms with Crippen molar-refractivity contribution in [3.8, 4) is 0 Å². The maximum absolute atomic E-state index is 11.2. The third-order valence-corrected chi connectivity index (χ3v) is 2.40. The summed E-state index contributed by atoms with van der Waals surface area (Å²) in [5.74, 6) is -0.678. The van der Waals surface area contributed by atoms with Gasteiger partial charge in [0, 0.05) is 36.6 Å². The van der Waals surface area contributed by atoms with Crippen molar-refractivity contribution in [3.63, 3.8) is 0 Å². The van der Waals surface area contributed by atoms with Crippen LogP contribution in [0, 0.1) is 0 Å². The van der Waals surface area contributed by atoms with Gasteiger partial charge in [-0.3, -0.25) is 0 Å². The van der Waals surface area contributed by atoms with Crippen LogP contribution in [0.25, 0.3) is 0 Å². The molecule has 6 heteroatoms. The van der Waals surface area contributed by atoms with Crippen molar-refractivity contribution in [1.82, 2.24) is 10.6 Å². The van der Waals surface area contributed by atoms with Crippen molar-refractivity contribution >= 4 is 11.9 Å². The van der Waals surface area contributed by atoms with E-state index in [9.17, 15) is 9.59 Å². The number of carbonyl (C=O) groups is 2. The van der Waals surface area contributed by atoms with E-state index in [1.165, 1.54) is 12.2 Å². The van der Waals surface area contributed by atoms with Crippen LogP contribution in [0.5, 0.6) is 0 Å². The lowest BCUT2D eigenvalue weighted by Crippen LogP contribution is -2.21. The second-order valence-corrected chi connectivity index (χ2v) is 4.37. The van der Waals surface area contributed by atoms with E-state index in [-0.39, 0.29) is 11.9 Å². The Balaban J connectivity index is 3.81. The normalized spacial score (nSPS) is 11.8. The summed E-state index contributed by atoms with van der Waals surface area (Å²) in [5.41, 5.74) is 1.54. The Kier molecular flexibility index (Phi) is 10.7. The highest BCUT2D eigenvalue weighted by Gasteiger charge is 1.99. The fraction of sp³-hybridized carbons (Fsp3) is 0.600. The third kappa shape index (κ3) is 11.5. The molecule has 6 nitrogen and oxygen atoms in total. The Labute approximate surface area is 126 Å². The molecular weight excluding hydrogens is 272 g/mol. The molecule has 120 valence electrons. The number of rotatable bonds is 10. The lowest BCUT2D eigenvalue weighted by atomic mass is 10.3. The minimum absolute atomic E-state index is 0.339. The van der Waals surface area contributed by atoms with Crippen LogP contribution in [0.1, 0.15) is 34.1 Å². The van der Waals surface area contributed by atoms with Gasteiger partial charge >= 0.3 is 11.9 Å². The highest BCUT2D eigenvalue weighted by Crippen LogP contribution is 1.92. The van der Waals surface area contributed by atoms with Crippen molar-refractivity contribution in [2.75, 3.05) is 26.3 Å². The lowest BCUT2D eigenvalue weighted by Gasteiger charge is -2.08. The van der Waals surface area contributed by atoms with Crippen molar-refractivity contribution in [2.24, 2.45) is 0 Å². The summed E-state index contributed by atoms with van der Waals surface area (Å²) in [6.45, 7) is 9.37. The van der Waals surface area contributed by atoms with Gasteiger partial charge < -0.3 is 20.1 Å². The maximum atomic E-state index is 11.2. The van der Waals surface area contributed by atoms with Gasteiger partial charge in [0.1, 0.15) is 0 Å². The zero-order valence-corrected chi connectivity index (χ0v) is 13.3. The van der Waals surface area contributed by atoms with Crippen LogP contribution < -0.4 is 10.6 Å². The van der Waals surface area contributed by atoms with Crippen molar-refractivity contribution in [2.45, 2.75) is 34.1 Å². The van der Waals surface area contributed by atoms with Gasteiger partial charge in [-0.2, -0.15) is 0 Å². The van der Waals surface area contributed by atoms with Gasteiger partial charge in [-0.15, -0.1) is 0 Å². The summed E-state index contributed by atoms with van der Waals surface area (Å²) < 4.78 is 9.62. The highest BCUT2D eigenvalue weighted by molar-refractivity contribution is 5.82. The third-order valence-electron chi connectivity index (χ3n) is 2.40.